The number of hydrogen-bond donors (Lipinski definition) is 0. The summed E-state index contributed by atoms with van der Waals surface area (Å²) in [6.07, 6.45) is 2.08. The molecule has 120 valence electrons. The van der Waals surface area contributed by atoms with Crippen molar-refractivity contribution in [3.8, 4) is 0 Å². The Labute approximate surface area is 151 Å². The predicted octanol–water partition coefficient (Wildman–Crippen LogP) is 4.96. The normalized spacial score (nSPS) is 20.3. The molecule has 0 saturated carbocycles. The number of halogens is 2. The van der Waals surface area contributed by atoms with Crippen molar-refractivity contribution in [1.82, 2.24) is 0 Å². The third-order valence-electron chi connectivity index (χ3n) is 3.92. The van der Waals surface area contributed by atoms with E-state index in [2.05, 4.69) is 36.4 Å². The van der Waals surface area contributed by atoms with E-state index in [9.17, 15) is 0 Å². The first kappa shape index (κ1) is 16.7. The van der Waals surface area contributed by atoms with E-state index in [0.717, 1.165) is 29.1 Å². The van der Waals surface area contributed by atoms with Gasteiger partial charge in [-0.2, -0.15) is 0 Å². The summed E-state index contributed by atoms with van der Waals surface area (Å²) in [5.74, 6) is 0. The summed E-state index contributed by atoms with van der Waals surface area (Å²) in [5, 5.41) is 0.687. The van der Waals surface area contributed by atoms with Gasteiger partial charge in [0.15, 0.2) is 0 Å². The second-order valence-electron chi connectivity index (χ2n) is 5.53. The molecule has 0 spiro atoms. The summed E-state index contributed by atoms with van der Waals surface area (Å²) >= 11 is 14.6. The Kier molecular flexibility index (Phi) is 5.20. The van der Waals surface area contributed by atoms with Gasteiger partial charge in [0.05, 0.1) is 17.6 Å². The number of nitrogens with zero attached hydrogens (tertiary/aromatic N) is 2. The van der Waals surface area contributed by atoms with Gasteiger partial charge in [-0.3, -0.25) is 4.99 Å². The zero-order valence-corrected chi connectivity index (χ0v) is 15.4. The lowest BCUT2D eigenvalue weighted by Crippen LogP contribution is -2.31. The second-order valence-corrected chi connectivity index (χ2v) is 7.43. The molecule has 0 bridgehead atoms. The van der Waals surface area contributed by atoms with Crippen molar-refractivity contribution in [3.05, 3.63) is 58.6 Å². The molecule has 1 aliphatic rings. The van der Waals surface area contributed by atoms with Crippen LogP contribution in [0.1, 0.15) is 11.1 Å². The lowest BCUT2D eigenvalue weighted by atomic mass is 9.99. The maximum absolute atomic E-state index is 6.43. The molecule has 0 radical (unpaired) electrons. The fourth-order valence-electron chi connectivity index (χ4n) is 2.78. The standard InChI is InChI=1S/C18H18Cl2N2S/c1-22-11-12(19)10-21-18(14-5-3-4-6-16(14)20)15-9-13(23-2)7-8-17(15)22/h3-9,12H,10-11H2,1-2H3/b21-18-. The summed E-state index contributed by atoms with van der Waals surface area (Å²) in [5.41, 5.74) is 4.11. The minimum absolute atomic E-state index is 0.0223. The van der Waals surface area contributed by atoms with Crippen molar-refractivity contribution in [3.63, 3.8) is 0 Å². The summed E-state index contributed by atoms with van der Waals surface area (Å²) in [4.78, 5) is 8.22. The number of thioether (sulfide) groups is 1. The summed E-state index contributed by atoms with van der Waals surface area (Å²) < 4.78 is 0. The summed E-state index contributed by atoms with van der Waals surface area (Å²) in [7, 11) is 2.07. The van der Waals surface area contributed by atoms with Gasteiger partial charge in [0.1, 0.15) is 0 Å². The quantitative estimate of drug-likeness (QED) is 0.552. The molecule has 0 aromatic heterocycles. The molecule has 23 heavy (non-hydrogen) atoms. The van der Waals surface area contributed by atoms with Crippen LogP contribution >= 0.6 is 35.0 Å². The van der Waals surface area contributed by atoms with Crippen LogP contribution in [0.5, 0.6) is 0 Å². The fraction of sp³-hybridized carbons (Fsp3) is 0.278. The van der Waals surface area contributed by atoms with E-state index in [1.807, 2.05) is 24.3 Å². The zero-order chi connectivity index (χ0) is 16.4. The molecule has 0 N–H and O–H groups in total. The zero-order valence-electron chi connectivity index (χ0n) is 13.1. The SMILES string of the molecule is CSc1ccc2c(c1)/C(c1ccccc1Cl)=N\CC(Cl)CN2C. The Balaban J connectivity index is 2.22. The summed E-state index contributed by atoms with van der Waals surface area (Å²) in [6, 6.07) is 14.3. The van der Waals surface area contributed by atoms with Gasteiger partial charge < -0.3 is 4.90 Å². The van der Waals surface area contributed by atoms with Crippen LogP contribution in [0.25, 0.3) is 0 Å². The van der Waals surface area contributed by atoms with E-state index in [4.69, 9.17) is 28.2 Å². The Hall–Kier alpha value is -1.16. The average Bonchev–Trinajstić information content (AvgIpc) is 2.55. The molecule has 0 saturated heterocycles. The molecule has 2 nitrogen and oxygen atoms in total. The number of anilines is 1. The highest BCUT2D eigenvalue weighted by Gasteiger charge is 2.21. The van der Waals surface area contributed by atoms with Crippen molar-refractivity contribution in [1.29, 1.82) is 0 Å². The van der Waals surface area contributed by atoms with E-state index in [1.165, 1.54) is 4.90 Å². The van der Waals surface area contributed by atoms with Crippen molar-refractivity contribution >= 4 is 46.4 Å². The monoisotopic (exact) mass is 364 g/mol. The van der Waals surface area contributed by atoms with Crippen molar-refractivity contribution in [2.75, 3.05) is 31.3 Å². The Bertz CT molecular complexity index is 746. The molecular weight excluding hydrogens is 347 g/mol. The van der Waals surface area contributed by atoms with Crippen molar-refractivity contribution in [2.45, 2.75) is 10.3 Å². The molecule has 5 heteroatoms. The lowest BCUT2D eigenvalue weighted by molar-refractivity contribution is 0.797. The van der Waals surface area contributed by atoms with Gasteiger partial charge in [-0.1, -0.05) is 29.8 Å². The van der Waals surface area contributed by atoms with Gasteiger partial charge in [0.2, 0.25) is 0 Å². The topological polar surface area (TPSA) is 15.6 Å². The second kappa shape index (κ2) is 7.16. The number of hydrogen-bond acceptors (Lipinski definition) is 3. The highest BCUT2D eigenvalue weighted by molar-refractivity contribution is 7.98. The first-order valence-electron chi connectivity index (χ1n) is 7.43. The first-order valence-corrected chi connectivity index (χ1v) is 9.47. The predicted molar refractivity (Wildman–Crippen MR) is 103 cm³/mol. The van der Waals surface area contributed by atoms with E-state index >= 15 is 0 Å². The molecule has 0 aliphatic carbocycles. The number of rotatable bonds is 2. The van der Waals surface area contributed by atoms with Crippen LogP contribution in [0.2, 0.25) is 5.02 Å². The van der Waals surface area contributed by atoms with Crippen LogP contribution in [0.3, 0.4) is 0 Å². The third-order valence-corrected chi connectivity index (χ3v) is 5.25. The van der Waals surface area contributed by atoms with Crippen LogP contribution in [0, 0.1) is 0 Å². The van der Waals surface area contributed by atoms with Crippen molar-refractivity contribution in [2.24, 2.45) is 4.99 Å². The number of benzene rings is 2. The van der Waals surface area contributed by atoms with Gasteiger partial charge in [0, 0.05) is 40.3 Å². The van der Waals surface area contributed by atoms with Crippen LogP contribution < -0.4 is 4.90 Å². The van der Waals surface area contributed by atoms with Crippen LogP contribution in [0.15, 0.2) is 52.4 Å². The van der Waals surface area contributed by atoms with Crippen LogP contribution in [-0.2, 0) is 0 Å². The van der Waals surface area contributed by atoms with Crippen LogP contribution in [-0.4, -0.2) is 37.5 Å². The average molecular weight is 365 g/mol. The molecule has 1 atom stereocenters. The number of alkyl halides is 1. The largest absolute Gasteiger partial charge is 0.372 e. The summed E-state index contributed by atoms with van der Waals surface area (Å²) in [6.45, 7) is 1.35. The first-order chi connectivity index (χ1) is 11.1. The smallest absolute Gasteiger partial charge is 0.0755 e. The Morgan fingerprint density at radius 2 is 1.96 bits per heavy atom. The maximum Gasteiger partial charge on any atom is 0.0755 e. The Morgan fingerprint density at radius 3 is 2.70 bits per heavy atom. The highest BCUT2D eigenvalue weighted by atomic mass is 35.5. The van der Waals surface area contributed by atoms with E-state index < -0.39 is 0 Å². The molecule has 1 heterocycles. The molecule has 2 aromatic carbocycles. The lowest BCUT2D eigenvalue weighted by Gasteiger charge is -2.28. The fourth-order valence-corrected chi connectivity index (χ4v) is 3.72. The molecule has 1 aliphatic heterocycles. The van der Waals surface area contributed by atoms with Gasteiger partial charge in [-0.25, -0.2) is 0 Å². The number of fused-ring (bicyclic) bond motifs is 1. The van der Waals surface area contributed by atoms with E-state index in [0.29, 0.717) is 11.6 Å². The Morgan fingerprint density at radius 1 is 1.17 bits per heavy atom. The molecule has 2 aromatic rings. The number of aliphatic imine (C=N–C) groups is 1. The minimum Gasteiger partial charge on any atom is -0.372 e. The van der Waals surface area contributed by atoms with E-state index in [-0.39, 0.29) is 5.38 Å². The molecule has 0 amide bonds. The molecule has 1 unspecified atom stereocenters. The molecule has 0 fully saturated rings. The van der Waals surface area contributed by atoms with Crippen molar-refractivity contribution < 1.29 is 0 Å². The maximum atomic E-state index is 6.43. The minimum atomic E-state index is -0.0223. The van der Waals surface area contributed by atoms with Crippen LogP contribution in [0.4, 0.5) is 5.69 Å². The van der Waals surface area contributed by atoms with Gasteiger partial charge in [-0.15, -0.1) is 23.4 Å². The molecule has 3 rings (SSSR count). The third kappa shape index (κ3) is 3.52. The highest BCUT2D eigenvalue weighted by Crippen LogP contribution is 2.31. The van der Waals surface area contributed by atoms with Gasteiger partial charge in [0.25, 0.3) is 0 Å². The van der Waals surface area contributed by atoms with Gasteiger partial charge >= 0.3 is 0 Å². The van der Waals surface area contributed by atoms with Gasteiger partial charge in [-0.05, 0) is 30.5 Å². The van der Waals surface area contributed by atoms with E-state index in [1.54, 1.807) is 11.8 Å². The molecular formula is C18H18Cl2N2S.